The molecule has 2 rings (SSSR count). The van der Waals surface area contributed by atoms with Gasteiger partial charge in [-0.05, 0) is 13.0 Å². The molecule has 1 aromatic heterocycles. The number of anilines is 1. The minimum Gasteiger partial charge on any atom is -0.272 e. The summed E-state index contributed by atoms with van der Waals surface area (Å²) in [7, 11) is 0. The highest BCUT2D eigenvalue weighted by atomic mass is 19.2. The number of hydrazone groups is 1. The van der Waals surface area contributed by atoms with Crippen LogP contribution in [0.25, 0.3) is 0 Å². The van der Waals surface area contributed by atoms with E-state index in [-0.39, 0.29) is 5.71 Å². The second-order valence-electron chi connectivity index (χ2n) is 4.00. The molecular weight excluding hydrogens is 293 g/mol. The van der Waals surface area contributed by atoms with Gasteiger partial charge in [-0.2, -0.15) is 5.10 Å². The molecule has 0 spiro atoms. The number of pyridine rings is 1. The fraction of sp³-hybridized carbons (Fsp3) is 0.0769. The third kappa shape index (κ3) is 2.83. The summed E-state index contributed by atoms with van der Waals surface area (Å²) in [6.45, 7) is 1.48. The lowest BCUT2D eigenvalue weighted by Gasteiger charge is -2.08. The predicted octanol–water partition coefficient (Wildman–Crippen LogP) is 3.61. The number of halogens is 5. The van der Waals surface area contributed by atoms with Crippen LogP contribution in [0.4, 0.5) is 27.6 Å². The molecule has 2 aromatic rings. The average molecular weight is 301 g/mol. The Morgan fingerprint density at radius 1 is 1.00 bits per heavy atom. The number of rotatable bonds is 3. The van der Waals surface area contributed by atoms with Gasteiger partial charge in [0.15, 0.2) is 23.3 Å². The Kier molecular flexibility index (Phi) is 4.15. The predicted molar refractivity (Wildman–Crippen MR) is 66.3 cm³/mol. The molecule has 0 amide bonds. The Bertz CT molecular complexity index is 672. The van der Waals surface area contributed by atoms with Crippen molar-refractivity contribution in [3.8, 4) is 0 Å². The second kappa shape index (κ2) is 5.86. The van der Waals surface area contributed by atoms with Gasteiger partial charge in [0.05, 0.1) is 5.71 Å². The molecule has 8 heteroatoms. The van der Waals surface area contributed by atoms with E-state index in [4.69, 9.17) is 0 Å². The zero-order valence-corrected chi connectivity index (χ0v) is 10.6. The van der Waals surface area contributed by atoms with E-state index in [0.717, 1.165) is 0 Å². The molecule has 0 aliphatic heterocycles. The summed E-state index contributed by atoms with van der Waals surface area (Å²) in [5.41, 5.74) is 1.42. The summed E-state index contributed by atoms with van der Waals surface area (Å²) >= 11 is 0. The number of nitrogens with zero attached hydrogens (tertiary/aromatic N) is 2. The van der Waals surface area contributed by atoms with Crippen LogP contribution >= 0.6 is 0 Å². The molecule has 1 aromatic carbocycles. The molecule has 0 unspecified atom stereocenters. The quantitative estimate of drug-likeness (QED) is 0.309. The van der Waals surface area contributed by atoms with E-state index in [1.165, 1.54) is 19.3 Å². The summed E-state index contributed by atoms with van der Waals surface area (Å²) in [5.74, 6) is -10.2. The molecule has 0 aliphatic carbocycles. The molecule has 1 N–H and O–H groups in total. The molecule has 0 fully saturated rings. The molecule has 0 atom stereocenters. The normalized spacial score (nSPS) is 11.6. The number of nitrogens with one attached hydrogen (secondary N) is 1. The van der Waals surface area contributed by atoms with Gasteiger partial charge in [0.25, 0.3) is 0 Å². The van der Waals surface area contributed by atoms with Crippen LogP contribution in [0.15, 0.2) is 29.6 Å². The Hall–Kier alpha value is -2.51. The molecule has 110 valence electrons. The maximum atomic E-state index is 13.4. The lowest BCUT2D eigenvalue weighted by molar-refractivity contribution is 0.381. The van der Waals surface area contributed by atoms with E-state index in [1.54, 1.807) is 12.1 Å². The Morgan fingerprint density at radius 3 is 2.10 bits per heavy atom. The minimum absolute atomic E-state index is 0.257. The van der Waals surface area contributed by atoms with Crippen molar-refractivity contribution in [2.24, 2.45) is 5.10 Å². The van der Waals surface area contributed by atoms with E-state index in [2.05, 4.69) is 10.1 Å². The topological polar surface area (TPSA) is 37.3 Å². The van der Waals surface area contributed by atoms with Gasteiger partial charge in [0, 0.05) is 18.0 Å². The van der Waals surface area contributed by atoms with Crippen LogP contribution in [0.5, 0.6) is 0 Å². The highest BCUT2D eigenvalue weighted by Crippen LogP contribution is 2.27. The zero-order chi connectivity index (χ0) is 15.6. The van der Waals surface area contributed by atoms with Crippen LogP contribution in [0.3, 0.4) is 0 Å². The summed E-state index contributed by atoms with van der Waals surface area (Å²) in [6.07, 6.45) is 2.94. The van der Waals surface area contributed by atoms with Crippen LogP contribution in [0.2, 0.25) is 0 Å². The molecule has 0 saturated heterocycles. The molecule has 0 radical (unpaired) electrons. The second-order valence-corrected chi connectivity index (χ2v) is 4.00. The van der Waals surface area contributed by atoms with E-state index >= 15 is 0 Å². The maximum absolute atomic E-state index is 13.4. The summed E-state index contributed by atoms with van der Waals surface area (Å²) < 4.78 is 65.6. The number of aromatic nitrogens is 1. The van der Waals surface area contributed by atoms with Crippen LogP contribution < -0.4 is 5.43 Å². The van der Waals surface area contributed by atoms with Gasteiger partial charge in [-0.25, -0.2) is 22.0 Å². The van der Waals surface area contributed by atoms with Crippen molar-refractivity contribution in [2.75, 3.05) is 5.43 Å². The Balaban J connectivity index is 2.37. The average Bonchev–Trinajstić information content (AvgIpc) is 2.51. The maximum Gasteiger partial charge on any atom is 0.200 e. The lowest BCUT2D eigenvalue weighted by atomic mass is 10.2. The van der Waals surface area contributed by atoms with Crippen molar-refractivity contribution in [1.29, 1.82) is 0 Å². The highest BCUT2D eigenvalue weighted by Gasteiger charge is 2.25. The molecule has 0 bridgehead atoms. The zero-order valence-electron chi connectivity index (χ0n) is 10.6. The third-order valence-electron chi connectivity index (χ3n) is 2.62. The van der Waals surface area contributed by atoms with Crippen molar-refractivity contribution in [3.63, 3.8) is 0 Å². The summed E-state index contributed by atoms with van der Waals surface area (Å²) in [6, 6.07) is 3.22. The first kappa shape index (κ1) is 14.9. The number of hydrogen-bond donors (Lipinski definition) is 1. The monoisotopic (exact) mass is 301 g/mol. The van der Waals surface area contributed by atoms with Gasteiger partial charge >= 0.3 is 0 Å². The first-order chi connectivity index (χ1) is 9.93. The Labute approximate surface area is 116 Å². The van der Waals surface area contributed by atoms with Gasteiger partial charge in [-0.1, -0.05) is 6.07 Å². The molecular formula is C13H8F5N3. The summed E-state index contributed by atoms with van der Waals surface area (Å²) in [5, 5.41) is 3.59. The van der Waals surface area contributed by atoms with E-state index in [9.17, 15) is 22.0 Å². The lowest BCUT2D eigenvalue weighted by Crippen LogP contribution is -2.08. The molecule has 21 heavy (non-hydrogen) atoms. The van der Waals surface area contributed by atoms with Crippen LogP contribution in [-0.4, -0.2) is 10.7 Å². The van der Waals surface area contributed by atoms with Crippen molar-refractivity contribution in [3.05, 3.63) is 59.2 Å². The number of benzene rings is 1. The van der Waals surface area contributed by atoms with Crippen molar-refractivity contribution >= 4 is 11.4 Å². The fourth-order valence-corrected chi connectivity index (χ4v) is 1.48. The molecule has 3 nitrogen and oxygen atoms in total. The van der Waals surface area contributed by atoms with Crippen LogP contribution in [0, 0.1) is 29.1 Å². The van der Waals surface area contributed by atoms with Crippen molar-refractivity contribution in [1.82, 2.24) is 4.98 Å². The Morgan fingerprint density at radius 2 is 1.57 bits per heavy atom. The molecule has 1 heterocycles. The van der Waals surface area contributed by atoms with Crippen molar-refractivity contribution < 1.29 is 22.0 Å². The SMILES string of the molecule is C/C(=N/Nc1c(F)c(F)c(F)c(F)c1F)c1cccnc1. The third-order valence-corrected chi connectivity index (χ3v) is 2.62. The first-order valence-electron chi connectivity index (χ1n) is 5.65. The van der Waals surface area contributed by atoms with E-state index < -0.39 is 34.8 Å². The first-order valence-corrected chi connectivity index (χ1v) is 5.65. The fourth-order valence-electron chi connectivity index (χ4n) is 1.48. The number of hydrogen-bond acceptors (Lipinski definition) is 3. The van der Waals surface area contributed by atoms with Crippen molar-refractivity contribution in [2.45, 2.75) is 6.92 Å². The largest absolute Gasteiger partial charge is 0.272 e. The minimum atomic E-state index is -2.22. The highest BCUT2D eigenvalue weighted by molar-refractivity contribution is 5.98. The van der Waals surface area contributed by atoms with E-state index in [0.29, 0.717) is 5.56 Å². The van der Waals surface area contributed by atoms with Crippen LogP contribution in [-0.2, 0) is 0 Å². The van der Waals surface area contributed by atoms with Crippen LogP contribution in [0.1, 0.15) is 12.5 Å². The van der Waals surface area contributed by atoms with Gasteiger partial charge < -0.3 is 0 Å². The van der Waals surface area contributed by atoms with E-state index in [1.807, 2.05) is 5.43 Å². The van der Waals surface area contributed by atoms with Gasteiger partial charge in [0.1, 0.15) is 5.69 Å². The van der Waals surface area contributed by atoms with Gasteiger partial charge in [0.2, 0.25) is 5.82 Å². The summed E-state index contributed by atoms with van der Waals surface area (Å²) in [4.78, 5) is 3.81. The molecule has 0 saturated carbocycles. The molecule has 0 aliphatic rings. The standard InChI is InChI=1S/C13H8F5N3/c1-6(7-3-2-4-19-5-7)20-21-13-11(17)9(15)8(14)10(16)12(13)18/h2-5,21H,1H3/b20-6-. The van der Waals surface area contributed by atoms with Gasteiger partial charge in [-0.15, -0.1) is 0 Å². The smallest absolute Gasteiger partial charge is 0.200 e. The van der Waals surface area contributed by atoms with Gasteiger partial charge in [-0.3, -0.25) is 10.4 Å².